The number of rotatable bonds is 4. The Morgan fingerprint density at radius 1 is 1.36 bits per heavy atom. The van der Waals surface area contributed by atoms with Crippen LogP contribution < -0.4 is 0 Å². The van der Waals surface area contributed by atoms with Gasteiger partial charge in [-0.05, 0) is 25.3 Å². The highest BCUT2D eigenvalue weighted by atomic mass is 32.2. The normalized spacial score (nSPS) is 19.6. The third-order valence-electron chi connectivity index (χ3n) is 3.58. The van der Waals surface area contributed by atoms with Gasteiger partial charge in [0.2, 0.25) is 0 Å². The molecule has 1 heterocycles. The summed E-state index contributed by atoms with van der Waals surface area (Å²) in [5, 5.41) is 11.1. The maximum absolute atomic E-state index is 12.8. The molecular weight excluding hydrogens is 312 g/mol. The standard InChI is InChI=1S/C13H16N2O6S/c1-21-13(16)11-7-4-5-9-14(11)22(19,20)12-8-3-2-6-10(12)15(17)18/h2-3,6,8,11H,4-5,7,9H2,1H3/t11-/m1/s1. The van der Waals surface area contributed by atoms with Crippen LogP contribution in [0.3, 0.4) is 0 Å². The van der Waals surface area contributed by atoms with Gasteiger partial charge in [0.1, 0.15) is 6.04 Å². The predicted octanol–water partition coefficient (Wildman–Crippen LogP) is 1.31. The first-order valence-corrected chi connectivity index (χ1v) is 8.16. The molecule has 1 fully saturated rings. The van der Waals surface area contributed by atoms with E-state index in [1.54, 1.807) is 0 Å². The van der Waals surface area contributed by atoms with E-state index in [1.807, 2.05) is 0 Å². The van der Waals surface area contributed by atoms with Gasteiger partial charge in [0.05, 0.1) is 12.0 Å². The van der Waals surface area contributed by atoms with Crippen LogP contribution in [-0.4, -0.2) is 43.3 Å². The fourth-order valence-corrected chi connectivity index (χ4v) is 4.32. The molecule has 1 aromatic rings. The highest BCUT2D eigenvalue weighted by molar-refractivity contribution is 7.89. The molecule has 0 aliphatic carbocycles. The number of esters is 1. The van der Waals surface area contributed by atoms with Crippen LogP contribution in [0.5, 0.6) is 0 Å². The highest BCUT2D eigenvalue weighted by Gasteiger charge is 2.40. The Morgan fingerprint density at radius 2 is 2.05 bits per heavy atom. The molecule has 0 bridgehead atoms. The summed E-state index contributed by atoms with van der Waals surface area (Å²) in [4.78, 5) is 21.7. The summed E-state index contributed by atoms with van der Waals surface area (Å²) in [6, 6.07) is 4.17. The van der Waals surface area contributed by atoms with Crippen molar-refractivity contribution in [3.63, 3.8) is 0 Å². The van der Waals surface area contributed by atoms with Gasteiger partial charge >= 0.3 is 5.97 Å². The number of ether oxygens (including phenoxy) is 1. The Morgan fingerprint density at radius 3 is 2.68 bits per heavy atom. The summed E-state index contributed by atoms with van der Waals surface area (Å²) in [5.41, 5.74) is -0.503. The molecule has 9 heteroatoms. The summed E-state index contributed by atoms with van der Waals surface area (Å²) < 4.78 is 31.2. The quantitative estimate of drug-likeness (QED) is 0.468. The lowest BCUT2D eigenvalue weighted by Crippen LogP contribution is -2.48. The molecule has 0 saturated carbocycles. The van der Waals surface area contributed by atoms with Crippen LogP contribution >= 0.6 is 0 Å². The van der Waals surface area contributed by atoms with Gasteiger partial charge in [0.15, 0.2) is 4.90 Å². The van der Waals surface area contributed by atoms with Crippen LogP contribution in [0.1, 0.15) is 19.3 Å². The van der Waals surface area contributed by atoms with Crippen molar-refractivity contribution in [2.24, 2.45) is 0 Å². The number of carbonyl (C=O) groups is 1. The van der Waals surface area contributed by atoms with Crippen molar-refractivity contribution in [3.05, 3.63) is 34.4 Å². The smallest absolute Gasteiger partial charge is 0.324 e. The van der Waals surface area contributed by atoms with Gasteiger partial charge in [0.25, 0.3) is 15.7 Å². The van der Waals surface area contributed by atoms with Gasteiger partial charge in [-0.1, -0.05) is 12.1 Å². The molecule has 8 nitrogen and oxygen atoms in total. The van der Waals surface area contributed by atoms with Gasteiger partial charge in [-0.15, -0.1) is 0 Å². The minimum atomic E-state index is -4.15. The van der Waals surface area contributed by atoms with Crippen molar-refractivity contribution in [2.75, 3.05) is 13.7 Å². The summed E-state index contributed by atoms with van der Waals surface area (Å²) in [6.45, 7) is 0.133. The molecule has 22 heavy (non-hydrogen) atoms. The first kappa shape index (κ1) is 16.4. The number of piperidine rings is 1. The van der Waals surface area contributed by atoms with E-state index >= 15 is 0 Å². The largest absolute Gasteiger partial charge is 0.468 e. The average molecular weight is 328 g/mol. The monoisotopic (exact) mass is 328 g/mol. The molecule has 1 aromatic carbocycles. The van der Waals surface area contributed by atoms with E-state index < -0.39 is 37.5 Å². The molecule has 1 saturated heterocycles. The molecule has 0 radical (unpaired) electrons. The van der Waals surface area contributed by atoms with Gasteiger partial charge in [0, 0.05) is 12.6 Å². The lowest BCUT2D eigenvalue weighted by atomic mass is 10.1. The second kappa shape index (κ2) is 6.41. The molecule has 1 atom stereocenters. The minimum absolute atomic E-state index is 0.133. The van der Waals surface area contributed by atoms with Crippen LogP contribution in [0.2, 0.25) is 0 Å². The lowest BCUT2D eigenvalue weighted by molar-refractivity contribution is -0.387. The molecule has 2 rings (SSSR count). The van der Waals surface area contributed by atoms with Crippen molar-refractivity contribution in [3.8, 4) is 0 Å². The van der Waals surface area contributed by atoms with E-state index in [0.717, 1.165) is 10.4 Å². The molecule has 0 spiro atoms. The fourth-order valence-electron chi connectivity index (χ4n) is 2.52. The molecule has 1 aliphatic rings. The van der Waals surface area contributed by atoms with Crippen LogP contribution in [0.25, 0.3) is 0 Å². The molecule has 0 unspecified atom stereocenters. The van der Waals surface area contributed by atoms with Crippen molar-refractivity contribution in [1.29, 1.82) is 0 Å². The number of nitro groups is 1. The van der Waals surface area contributed by atoms with Crippen molar-refractivity contribution in [2.45, 2.75) is 30.2 Å². The van der Waals surface area contributed by atoms with E-state index in [1.165, 1.54) is 25.3 Å². The van der Waals surface area contributed by atoms with Crippen LogP contribution in [0.15, 0.2) is 29.2 Å². The maximum atomic E-state index is 12.8. The summed E-state index contributed by atoms with van der Waals surface area (Å²) in [5.74, 6) is -0.651. The molecule has 1 aliphatic heterocycles. The van der Waals surface area contributed by atoms with Crippen LogP contribution in [0.4, 0.5) is 5.69 Å². The number of sulfonamides is 1. The van der Waals surface area contributed by atoms with Crippen LogP contribution in [-0.2, 0) is 19.6 Å². The zero-order valence-electron chi connectivity index (χ0n) is 12.0. The highest BCUT2D eigenvalue weighted by Crippen LogP contribution is 2.30. The second-order valence-electron chi connectivity index (χ2n) is 4.88. The van der Waals surface area contributed by atoms with Crippen molar-refractivity contribution in [1.82, 2.24) is 4.31 Å². The average Bonchev–Trinajstić information content (AvgIpc) is 2.54. The number of benzene rings is 1. The molecule has 0 N–H and O–H groups in total. The first-order valence-electron chi connectivity index (χ1n) is 6.72. The Bertz CT molecular complexity index is 688. The van der Waals surface area contributed by atoms with Crippen molar-refractivity contribution >= 4 is 21.7 Å². The summed E-state index contributed by atoms with van der Waals surface area (Å²) in [7, 11) is -2.96. The van der Waals surface area contributed by atoms with Gasteiger partial charge in [-0.25, -0.2) is 8.42 Å². The molecule has 0 aromatic heterocycles. The van der Waals surface area contributed by atoms with Gasteiger partial charge in [-0.2, -0.15) is 4.31 Å². The zero-order valence-corrected chi connectivity index (χ0v) is 12.8. The van der Waals surface area contributed by atoms with E-state index in [-0.39, 0.29) is 6.54 Å². The minimum Gasteiger partial charge on any atom is -0.468 e. The number of hydrogen-bond acceptors (Lipinski definition) is 6. The number of nitrogens with zero attached hydrogens (tertiary/aromatic N) is 2. The Hall–Kier alpha value is -2.00. The Kier molecular flexibility index (Phi) is 4.77. The van der Waals surface area contributed by atoms with E-state index in [2.05, 4.69) is 4.74 Å². The van der Waals surface area contributed by atoms with Gasteiger partial charge in [-0.3, -0.25) is 14.9 Å². The summed E-state index contributed by atoms with van der Waals surface area (Å²) >= 11 is 0. The van der Waals surface area contributed by atoms with Crippen LogP contribution in [0, 0.1) is 10.1 Å². The number of methoxy groups -OCH3 is 1. The zero-order chi connectivity index (χ0) is 16.3. The summed E-state index contributed by atoms with van der Waals surface area (Å²) in [6.07, 6.45) is 1.63. The Labute approximate surface area is 127 Å². The second-order valence-corrected chi connectivity index (χ2v) is 6.73. The molecule has 120 valence electrons. The molecule has 0 amide bonds. The van der Waals surface area contributed by atoms with E-state index in [0.29, 0.717) is 19.3 Å². The fraction of sp³-hybridized carbons (Fsp3) is 0.462. The third kappa shape index (κ3) is 2.95. The first-order chi connectivity index (χ1) is 10.4. The Balaban J connectivity index is 2.49. The number of carbonyl (C=O) groups excluding carboxylic acids is 1. The molecular formula is C13H16N2O6S. The topological polar surface area (TPSA) is 107 Å². The maximum Gasteiger partial charge on any atom is 0.324 e. The number of para-hydroxylation sites is 1. The lowest BCUT2D eigenvalue weighted by Gasteiger charge is -2.32. The SMILES string of the molecule is COC(=O)[C@H]1CCCCN1S(=O)(=O)c1ccccc1[N+](=O)[O-]. The van der Waals surface area contributed by atoms with E-state index in [4.69, 9.17) is 0 Å². The predicted molar refractivity (Wildman–Crippen MR) is 76.6 cm³/mol. The number of hydrogen-bond donors (Lipinski definition) is 0. The number of nitro benzene ring substituents is 1. The van der Waals surface area contributed by atoms with E-state index in [9.17, 15) is 23.3 Å². The third-order valence-corrected chi connectivity index (χ3v) is 5.53. The van der Waals surface area contributed by atoms with Gasteiger partial charge < -0.3 is 4.74 Å². The van der Waals surface area contributed by atoms with Crippen molar-refractivity contribution < 1.29 is 22.9 Å².